The molecule has 0 radical (unpaired) electrons. The molecule has 0 aliphatic heterocycles. The molecule has 0 aromatic rings. The highest BCUT2D eigenvalue weighted by Crippen LogP contribution is 2.08. The Kier molecular flexibility index (Phi) is 6.51. The Labute approximate surface area is 86.9 Å². The van der Waals surface area contributed by atoms with E-state index in [-0.39, 0.29) is 0 Å². The number of amides is 1. The van der Waals surface area contributed by atoms with Crippen molar-refractivity contribution in [1.82, 2.24) is 5.32 Å². The maximum absolute atomic E-state index is 11.1. The second kappa shape index (κ2) is 6.80. The lowest BCUT2D eigenvalue weighted by atomic mass is 10.8. The minimum Gasteiger partial charge on any atom is -0.453 e. The first-order valence-corrected chi connectivity index (χ1v) is 6.90. The zero-order valence-electron chi connectivity index (χ0n) is 9.25. The van der Waals surface area contributed by atoms with Gasteiger partial charge in [0.2, 0.25) is 5.53 Å². The average Bonchev–Trinajstić information content (AvgIpc) is 2.18. The SMILES string of the molecule is CCOC(NC(=O)OC)(OCC)[SiH2]C. The van der Waals surface area contributed by atoms with Crippen LogP contribution in [0.3, 0.4) is 0 Å². The molecule has 0 saturated carbocycles. The summed E-state index contributed by atoms with van der Waals surface area (Å²) < 4.78 is 15.4. The van der Waals surface area contributed by atoms with E-state index in [1.54, 1.807) is 0 Å². The lowest BCUT2D eigenvalue weighted by Crippen LogP contribution is -2.56. The summed E-state index contributed by atoms with van der Waals surface area (Å²) in [6.07, 6.45) is -0.527. The van der Waals surface area contributed by atoms with E-state index in [1.165, 1.54) is 7.11 Å². The van der Waals surface area contributed by atoms with Crippen molar-refractivity contribution in [3.63, 3.8) is 0 Å². The van der Waals surface area contributed by atoms with Crippen LogP contribution in [0.25, 0.3) is 0 Å². The van der Waals surface area contributed by atoms with E-state index in [0.29, 0.717) is 13.2 Å². The highest BCUT2D eigenvalue weighted by molar-refractivity contribution is 6.37. The van der Waals surface area contributed by atoms with Gasteiger partial charge in [-0.2, -0.15) is 0 Å². The standard InChI is InChI=1S/C8H19NO4Si/c1-5-12-8(14-4,13-6-2)9-7(10)11-3/h5-6,14H2,1-4H3,(H,9,10). The Balaban J connectivity index is 4.39. The van der Waals surface area contributed by atoms with Gasteiger partial charge in [-0.15, -0.1) is 0 Å². The number of alkyl carbamates (subject to hydrolysis) is 1. The van der Waals surface area contributed by atoms with E-state index < -0.39 is 21.1 Å². The first-order chi connectivity index (χ1) is 6.64. The van der Waals surface area contributed by atoms with Gasteiger partial charge in [-0.25, -0.2) is 4.79 Å². The highest BCUT2D eigenvalue weighted by Gasteiger charge is 2.31. The molecular weight excluding hydrogens is 202 g/mol. The van der Waals surface area contributed by atoms with Crippen LogP contribution < -0.4 is 5.32 Å². The van der Waals surface area contributed by atoms with Crippen LogP contribution in [0.2, 0.25) is 6.55 Å². The monoisotopic (exact) mass is 221 g/mol. The Bertz CT molecular complexity index is 171. The van der Waals surface area contributed by atoms with E-state index in [4.69, 9.17) is 9.47 Å². The molecule has 0 rings (SSSR count). The molecule has 0 aromatic heterocycles. The average molecular weight is 221 g/mol. The largest absolute Gasteiger partial charge is 0.453 e. The maximum atomic E-state index is 11.1. The number of ether oxygens (including phenoxy) is 3. The number of carbonyl (C=O) groups is 1. The second-order valence-electron chi connectivity index (χ2n) is 2.59. The molecule has 0 aliphatic rings. The third kappa shape index (κ3) is 4.08. The molecule has 0 atom stereocenters. The van der Waals surface area contributed by atoms with Gasteiger partial charge in [-0.1, -0.05) is 6.55 Å². The third-order valence-electron chi connectivity index (χ3n) is 1.70. The van der Waals surface area contributed by atoms with Crippen LogP contribution >= 0.6 is 0 Å². The summed E-state index contributed by atoms with van der Waals surface area (Å²) in [6.45, 7) is 6.70. The number of hydrogen-bond acceptors (Lipinski definition) is 4. The van der Waals surface area contributed by atoms with Crippen molar-refractivity contribution >= 4 is 15.6 Å². The molecule has 1 amide bonds. The summed E-state index contributed by atoms with van der Waals surface area (Å²) in [5.74, 6) is 0. The second-order valence-corrected chi connectivity index (χ2v) is 4.23. The highest BCUT2D eigenvalue weighted by atomic mass is 28.2. The van der Waals surface area contributed by atoms with Crippen LogP contribution in [-0.2, 0) is 14.2 Å². The fraction of sp³-hybridized carbons (Fsp3) is 0.875. The van der Waals surface area contributed by atoms with E-state index in [2.05, 4.69) is 10.1 Å². The molecule has 0 unspecified atom stereocenters. The minimum atomic E-state index is -0.920. The van der Waals surface area contributed by atoms with Crippen molar-refractivity contribution in [3.8, 4) is 0 Å². The van der Waals surface area contributed by atoms with Crippen molar-refractivity contribution in [2.45, 2.75) is 25.9 Å². The number of rotatable bonds is 6. The van der Waals surface area contributed by atoms with Crippen LogP contribution in [-0.4, -0.2) is 41.5 Å². The molecule has 6 heteroatoms. The molecule has 84 valence electrons. The van der Waals surface area contributed by atoms with E-state index in [1.807, 2.05) is 20.4 Å². The van der Waals surface area contributed by atoms with E-state index in [9.17, 15) is 4.79 Å². The van der Waals surface area contributed by atoms with Gasteiger partial charge in [-0.05, 0) is 13.8 Å². The summed E-state index contributed by atoms with van der Waals surface area (Å²) in [4.78, 5) is 11.1. The van der Waals surface area contributed by atoms with Gasteiger partial charge in [0.05, 0.1) is 7.11 Å². The predicted octanol–water partition coefficient (Wildman–Crippen LogP) is 0.244. The van der Waals surface area contributed by atoms with Gasteiger partial charge in [0.1, 0.15) is 9.52 Å². The summed E-state index contributed by atoms with van der Waals surface area (Å²) in [5.41, 5.74) is -0.920. The Morgan fingerprint density at radius 3 is 2.14 bits per heavy atom. The quantitative estimate of drug-likeness (QED) is 0.516. The molecule has 14 heavy (non-hydrogen) atoms. The summed E-state index contributed by atoms with van der Waals surface area (Å²) in [6, 6.07) is 0. The number of carbonyl (C=O) groups excluding carboxylic acids is 1. The summed E-state index contributed by atoms with van der Waals surface area (Å²) >= 11 is 0. The molecule has 0 spiro atoms. The molecule has 0 aliphatic carbocycles. The van der Waals surface area contributed by atoms with Gasteiger partial charge in [-0.3, -0.25) is 5.32 Å². The summed E-state index contributed by atoms with van der Waals surface area (Å²) in [7, 11) is 0.605. The van der Waals surface area contributed by atoms with Gasteiger partial charge >= 0.3 is 6.09 Å². The predicted molar refractivity (Wildman–Crippen MR) is 55.9 cm³/mol. The lowest BCUT2D eigenvalue weighted by Gasteiger charge is -2.32. The Hall–Kier alpha value is -0.593. The van der Waals surface area contributed by atoms with Crippen LogP contribution in [0.4, 0.5) is 4.79 Å². The first-order valence-electron chi connectivity index (χ1n) is 4.78. The minimum absolute atomic E-state index is 0.491. The van der Waals surface area contributed by atoms with Crippen molar-refractivity contribution in [2.75, 3.05) is 20.3 Å². The first kappa shape index (κ1) is 13.4. The van der Waals surface area contributed by atoms with Crippen LogP contribution in [0.1, 0.15) is 13.8 Å². The molecular formula is C8H19NO4Si. The molecule has 0 aromatic carbocycles. The molecule has 0 fully saturated rings. The Morgan fingerprint density at radius 2 is 1.86 bits per heavy atom. The molecule has 1 N–H and O–H groups in total. The topological polar surface area (TPSA) is 56.8 Å². The zero-order chi connectivity index (χ0) is 11.0. The molecule has 0 bridgehead atoms. The Morgan fingerprint density at radius 1 is 1.36 bits per heavy atom. The van der Waals surface area contributed by atoms with Crippen LogP contribution in [0.15, 0.2) is 0 Å². The number of methoxy groups -OCH3 is 1. The zero-order valence-corrected chi connectivity index (χ0v) is 10.7. The van der Waals surface area contributed by atoms with Gasteiger partial charge < -0.3 is 14.2 Å². The van der Waals surface area contributed by atoms with Gasteiger partial charge in [0.25, 0.3) is 0 Å². The number of nitrogens with one attached hydrogen (secondary N) is 1. The van der Waals surface area contributed by atoms with E-state index >= 15 is 0 Å². The molecule has 0 heterocycles. The fourth-order valence-corrected chi connectivity index (χ4v) is 2.22. The smallest absolute Gasteiger partial charge is 0.410 e. The number of hydrogen-bond donors (Lipinski definition) is 1. The third-order valence-corrected chi connectivity index (χ3v) is 3.21. The van der Waals surface area contributed by atoms with Crippen LogP contribution in [0.5, 0.6) is 0 Å². The maximum Gasteiger partial charge on any atom is 0.410 e. The summed E-state index contributed by atoms with van der Waals surface area (Å²) in [5, 5.41) is 2.59. The van der Waals surface area contributed by atoms with Gasteiger partial charge in [0, 0.05) is 13.2 Å². The van der Waals surface area contributed by atoms with Crippen LogP contribution in [0, 0.1) is 0 Å². The van der Waals surface area contributed by atoms with Crippen molar-refractivity contribution in [1.29, 1.82) is 0 Å². The van der Waals surface area contributed by atoms with Crippen molar-refractivity contribution in [3.05, 3.63) is 0 Å². The van der Waals surface area contributed by atoms with E-state index in [0.717, 1.165) is 0 Å². The normalized spacial score (nSPS) is 12.0. The van der Waals surface area contributed by atoms with Crippen molar-refractivity contribution in [2.24, 2.45) is 0 Å². The fourth-order valence-electron chi connectivity index (χ4n) is 1.08. The van der Waals surface area contributed by atoms with Gasteiger partial charge in [0.15, 0.2) is 0 Å². The lowest BCUT2D eigenvalue weighted by molar-refractivity contribution is -0.189. The van der Waals surface area contributed by atoms with Crippen molar-refractivity contribution < 1.29 is 19.0 Å². The molecule has 5 nitrogen and oxygen atoms in total. The molecule has 0 saturated heterocycles.